The average Bonchev–Trinajstić information content (AvgIpc) is 2.74. The Bertz CT molecular complexity index is 447. The van der Waals surface area contributed by atoms with Gasteiger partial charge in [-0.15, -0.1) is 0 Å². The first-order valence-corrected chi connectivity index (χ1v) is 6.07. The van der Waals surface area contributed by atoms with E-state index in [0.29, 0.717) is 24.5 Å². The van der Waals surface area contributed by atoms with E-state index in [1.165, 1.54) is 0 Å². The number of rotatable bonds is 3. The molecule has 1 aromatic carbocycles. The Kier molecular flexibility index (Phi) is 4.04. The van der Waals surface area contributed by atoms with Crippen molar-refractivity contribution in [1.29, 1.82) is 0 Å². The smallest absolute Gasteiger partial charge is 0.315 e. The highest BCUT2D eigenvalue weighted by molar-refractivity contribution is 6.30. The molecule has 1 aliphatic heterocycles. The summed E-state index contributed by atoms with van der Waals surface area (Å²) in [4.78, 5) is 22.5. The zero-order valence-corrected chi connectivity index (χ0v) is 10.5. The average molecular weight is 268 g/mol. The van der Waals surface area contributed by atoms with E-state index in [-0.39, 0.29) is 18.0 Å². The van der Waals surface area contributed by atoms with Gasteiger partial charge in [-0.25, -0.2) is 4.79 Å². The molecule has 1 heterocycles. The van der Waals surface area contributed by atoms with Crippen LogP contribution in [-0.4, -0.2) is 24.5 Å². The maximum Gasteiger partial charge on any atom is 0.315 e. The predicted molar refractivity (Wildman–Crippen MR) is 68.2 cm³/mol. The second-order valence-electron chi connectivity index (χ2n) is 4.16. The fourth-order valence-corrected chi connectivity index (χ4v) is 1.85. The first kappa shape index (κ1) is 12.7. The van der Waals surface area contributed by atoms with Crippen molar-refractivity contribution in [2.24, 2.45) is 0 Å². The molecule has 0 aliphatic carbocycles. The van der Waals surface area contributed by atoms with Crippen LogP contribution in [0.3, 0.4) is 0 Å². The van der Waals surface area contributed by atoms with Crippen molar-refractivity contribution in [1.82, 2.24) is 16.0 Å². The van der Waals surface area contributed by atoms with Crippen LogP contribution in [0.25, 0.3) is 0 Å². The van der Waals surface area contributed by atoms with Crippen LogP contribution in [0.1, 0.15) is 12.0 Å². The quantitative estimate of drug-likeness (QED) is 0.765. The van der Waals surface area contributed by atoms with Crippen LogP contribution in [0.5, 0.6) is 0 Å². The molecule has 3 amide bonds. The molecule has 1 atom stereocenters. The van der Waals surface area contributed by atoms with Gasteiger partial charge in [0.05, 0.1) is 6.04 Å². The van der Waals surface area contributed by atoms with E-state index < -0.39 is 0 Å². The minimum atomic E-state index is -0.272. The summed E-state index contributed by atoms with van der Waals surface area (Å²) in [7, 11) is 0. The topological polar surface area (TPSA) is 70.2 Å². The molecular weight excluding hydrogens is 254 g/mol. The van der Waals surface area contributed by atoms with E-state index >= 15 is 0 Å². The van der Waals surface area contributed by atoms with Gasteiger partial charge in [0.1, 0.15) is 0 Å². The molecule has 0 unspecified atom stereocenters. The van der Waals surface area contributed by atoms with Crippen molar-refractivity contribution in [3.63, 3.8) is 0 Å². The molecule has 18 heavy (non-hydrogen) atoms. The predicted octanol–water partition coefficient (Wildman–Crippen LogP) is 1.03. The summed E-state index contributed by atoms with van der Waals surface area (Å²) in [5.41, 5.74) is 0.968. The van der Waals surface area contributed by atoms with Crippen LogP contribution in [0.4, 0.5) is 4.79 Å². The number of carbonyl (C=O) groups excluding carboxylic acids is 2. The summed E-state index contributed by atoms with van der Waals surface area (Å²) in [6.45, 7) is 0.921. The number of nitrogens with one attached hydrogen (secondary N) is 3. The van der Waals surface area contributed by atoms with Crippen molar-refractivity contribution in [3.8, 4) is 0 Å². The van der Waals surface area contributed by atoms with E-state index in [0.717, 1.165) is 5.56 Å². The Labute approximate surface area is 110 Å². The Morgan fingerprint density at radius 2 is 2.11 bits per heavy atom. The fraction of sp³-hybridized carbons (Fsp3) is 0.333. The largest absolute Gasteiger partial charge is 0.354 e. The van der Waals surface area contributed by atoms with Gasteiger partial charge in [0.15, 0.2) is 0 Å². The molecule has 1 aromatic rings. The third kappa shape index (κ3) is 3.63. The summed E-state index contributed by atoms with van der Waals surface area (Å²) in [6, 6.07) is 6.85. The van der Waals surface area contributed by atoms with Crippen LogP contribution >= 0.6 is 11.6 Å². The van der Waals surface area contributed by atoms with Gasteiger partial charge < -0.3 is 16.0 Å². The number of urea groups is 1. The molecule has 1 aliphatic rings. The molecule has 1 saturated heterocycles. The highest BCUT2D eigenvalue weighted by Gasteiger charge is 2.22. The van der Waals surface area contributed by atoms with Crippen molar-refractivity contribution in [2.45, 2.75) is 19.0 Å². The summed E-state index contributed by atoms with van der Waals surface area (Å²) in [5, 5.41) is 8.78. The maximum absolute atomic E-state index is 11.6. The van der Waals surface area contributed by atoms with Crippen LogP contribution < -0.4 is 16.0 Å². The first-order valence-electron chi connectivity index (χ1n) is 5.69. The van der Waals surface area contributed by atoms with Crippen LogP contribution in [0.15, 0.2) is 24.3 Å². The van der Waals surface area contributed by atoms with Crippen molar-refractivity contribution in [3.05, 3.63) is 34.9 Å². The molecule has 96 valence electrons. The zero-order valence-electron chi connectivity index (χ0n) is 9.70. The summed E-state index contributed by atoms with van der Waals surface area (Å²) in [6.07, 6.45) is 0.342. The van der Waals surface area contributed by atoms with Crippen LogP contribution in [0.2, 0.25) is 5.02 Å². The molecular formula is C12H14ClN3O2. The third-order valence-corrected chi connectivity index (χ3v) is 2.93. The lowest BCUT2D eigenvalue weighted by Gasteiger charge is -2.11. The number of hydrogen-bond donors (Lipinski definition) is 3. The Balaban J connectivity index is 1.74. The van der Waals surface area contributed by atoms with Crippen LogP contribution in [-0.2, 0) is 11.3 Å². The molecule has 5 nitrogen and oxygen atoms in total. The maximum atomic E-state index is 11.6. The summed E-state index contributed by atoms with van der Waals surface area (Å²) >= 11 is 5.76. The fourth-order valence-electron chi connectivity index (χ4n) is 1.73. The first-order chi connectivity index (χ1) is 8.63. The van der Waals surface area contributed by atoms with E-state index in [4.69, 9.17) is 11.6 Å². The lowest BCUT2D eigenvalue weighted by atomic mass is 10.2. The molecule has 6 heteroatoms. The SMILES string of the molecule is O=C1C[C@H](NC(=O)NCc2ccc(Cl)cc2)CN1. The minimum absolute atomic E-state index is 0.0296. The number of benzene rings is 1. The van der Waals surface area contributed by atoms with Gasteiger partial charge in [0, 0.05) is 24.5 Å². The second kappa shape index (κ2) is 5.73. The summed E-state index contributed by atoms with van der Waals surface area (Å²) in [5.74, 6) is -0.0296. The number of hydrogen-bond acceptors (Lipinski definition) is 2. The monoisotopic (exact) mass is 267 g/mol. The normalized spacial score (nSPS) is 18.3. The Morgan fingerprint density at radius 1 is 1.39 bits per heavy atom. The molecule has 0 bridgehead atoms. The van der Waals surface area contributed by atoms with Gasteiger partial charge in [-0.1, -0.05) is 23.7 Å². The second-order valence-corrected chi connectivity index (χ2v) is 4.60. The molecule has 0 aromatic heterocycles. The highest BCUT2D eigenvalue weighted by atomic mass is 35.5. The molecule has 3 N–H and O–H groups in total. The summed E-state index contributed by atoms with van der Waals surface area (Å²) < 4.78 is 0. The molecule has 1 fully saturated rings. The molecule has 2 rings (SSSR count). The van der Waals surface area contributed by atoms with Gasteiger partial charge in [0.2, 0.25) is 5.91 Å². The number of carbonyl (C=O) groups is 2. The van der Waals surface area contributed by atoms with Gasteiger partial charge in [0.25, 0.3) is 0 Å². The van der Waals surface area contributed by atoms with Gasteiger partial charge in [-0.2, -0.15) is 0 Å². The van der Waals surface area contributed by atoms with Gasteiger partial charge >= 0.3 is 6.03 Å². The molecule has 0 radical (unpaired) electrons. The molecule has 0 saturated carbocycles. The Hall–Kier alpha value is -1.75. The lowest BCUT2D eigenvalue weighted by Crippen LogP contribution is -2.42. The van der Waals surface area contributed by atoms with Crippen molar-refractivity contribution >= 4 is 23.5 Å². The number of halogens is 1. The highest BCUT2D eigenvalue weighted by Crippen LogP contribution is 2.09. The Morgan fingerprint density at radius 3 is 2.72 bits per heavy atom. The zero-order chi connectivity index (χ0) is 13.0. The van der Waals surface area contributed by atoms with Gasteiger partial charge in [-0.05, 0) is 17.7 Å². The van der Waals surface area contributed by atoms with E-state index in [1.54, 1.807) is 12.1 Å². The van der Waals surface area contributed by atoms with E-state index in [2.05, 4.69) is 16.0 Å². The molecule has 0 spiro atoms. The van der Waals surface area contributed by atoms with Crippen LogP contribution in [0, 0.1) is 0 Å². The van der Waals surface area contributed by atoms with Crippen molar-refractivity contribution < 1.29 is 9.59 Å². The lowest BCUT2D eigenvalue weighted by molar-refractivity contribution is -0.119. The number of amides is 3. The van der Waals surface area contributed by atoms with Gasteiger partial charge in [-0.3, -0.25) is 4.79 Å². The van der Waals surface area contributed by atoms with E-state index in [9.17, 15) is 9.59 Å². The van der Waals surface area contributed by atoms with E-state index in [1.807, 2.05) is 12.1 Å². The minimum Gasteiger partial charge on any atom is -0.354 e. The standard InChI is InChI=1S/C12H14ClN3O2/c13-9-3-1-8(2-4-9)6-15-12(18)16-10-5-11(17)14-7-10/h1-4,10H,5-7H2,(H,14,17)(H2,15,16,18)/t10-/m0/s1. The third-order valence-electron chi connectivity index (χ3n) is 2.68. The van der Waals surface area contributed by atoms with Crippen molar-refractivity contribution in [2.75, 3.05) is 6.54 Å².